The van der Waals surface area contributed by atoms with Crippen molar-refractivity contribution in [2.45, 2.75) is 46.6 Å². The van der Waals surface area contributed by atoms with Gasteiger partial charge in [-0.25, -0.2) is 9.97 Å². The normalized spacial score (nSPS) is 13.2. The number of aromatic nitrogens is 2. The topological polar surface area (TPSA) is 73.3 Å². The van der Waals surface area contributed by atoms with Gasteiger partial charge in [0.1, 0.15) is 10.7 Å². The highest BCUT2D eigenvalue weighted by Crippen LogP contribution is 2.34. The van der Waals surface area contributed by atoms with E-state index in [-0.39, 0.29) is 18.1 Å². The molecule has 3 aromatic rings. The van der Waals surface area contributed by atoms with E-state index < -0.39 is 0 Å². The zero-order chi connectivity index (χ0) is 20.1. The van der Waals surface area contributed by atoms with Crippen LogP contribution in [0, 0.1) is 13.8 Å². The Hall–Kier alpha value is -2.67. The van der Waals surface area contributed by atoms with Crippen LogP contribution in [-0.2, 0) is 12.0 Å². The largest absolute Gasteiger partial charge is 0.454 e. The van der Waals surface area contributed by atoms with Crippen molar-refractivity contribution in [3.05, 3.63) is 45.7 Å². The van der Waals surface area contributed by atoms with Crippen LogP contribution in [0.3, 0.4) is 0 Å². The van der Waals surface area contributed by atoms with Crippen molar-refractivity contribution in [2.24, 2.45) is 0 Å². The van der Waals surface area contributed by atoms with Crippen molar-refractivity contribution in [3.63, 3.8) is 0 Å². The summed E-state index contributed by atoms with van der Waals surface area (Å²) < 4.78 is 10.7. The Labute approximate surface area is 167 Å². The second-order valence-corrected chi connectivity index (χ2v) is 8.99. The van der Waals surface area contributed by atoms with Crippen LogP contribution in [0.5, 0.6) is 11.5 Å². The van der Waals surface area contributed by atoms with E-state index in [9.17, 15) is 4.79 Å². The van der Waals surface area contributed by atoms with Crippen LogP contribution in [0.1, 0.15) is 53.1 Å². The third-order valence-electron chi connectivity index (χ3n) is 4.74. The maximum Gasteiger partial charge on any atom is 0.261 e. The molecule has 3 heterocycles. The van der Waals surface area contributed by atoms with Crippen molar-refractivity contribution < 1.29 is 14.3 Å². The smallest absolute Gasteiger partial charge is 0.261 e. The number of hydrogen-bond donors (Lipinski definition) is 1. The van der Waals surface area contributed by atoms with Crippen LogP contribution in [0.4, 0.5) is 0 Å². The zero-order valence-corrected chi connectivity index (χ0v) is 17.5. The maximum absolute atomic E-state index is 12.8. The first-order valence-electron chi connectivity index (χ1n) is 9.19. The van der Waals surface area contributed by atoms with Crippen LogP contribution in [0.2, 0.25) is 0 Å². The number of fused-ring (bicyclic) bond motifs is 2. The van der Waals surface area contributed by atoms with E-state index in [0.717, 1.165) is 38.6 Å². The van der Waals surface area contributed by atoms with Crippen LogP contribution in [-0.4, -0.2) is 22.7 Å². The van der Waals surface area contributed by atoms with E-state index in [1.807, 2.05) is 32.0 Å². The van der Waals surface area contributed by atoms with Gasteiger partial charge in [-0.1, -0.05) is 26.8 Å². The van der Waals surface area contributed by atoms with Crippen molar-refractivity contribution in [3.8, 4) is 11.5 Å². The number of benzene rings is 1. The molecule has 1 aliphatic heterocycles. The summed E-state index contributed by atoms with van der Waals surface area (Å²) >= 11 is 1.42. The quantitative estimate of drug-likeness (QED) is 0.715. The number of carbonyl (C=O) groups excluding carboxylic acids is 1. The summed E-state index contributed by atoms with van der Waals surface area (Å²) in [6.07, 6.45) is 0. The second-order valence-electron chi connectivity index (χ2n) is 7.99. The molecule has 0 bridgehead atoms. The lowest BCUT2D eigenvalue weighted by Gasteiger charge is -2.16. The lowest BCUT2D eigenvalue weighted by atomic mass is 9.95. The average Bonchev–Trinajstić information content (AvgIpc) is 3.23. The van der Waals surface area contributed by atoms with Crippen molar-refractivity contribution in [2.75, 3.05) is 6.79 Å². The fourth-order valence-electron chi connectivity index (χ4n) is 3.20. The van der Waals surface area contributed by atoms with E-state index in [4.69, 9.17) is 14.5 Å². The molecule has 0 radical (unpaired) electrons. The average molecular weight is 398 g/mol. The lowest BCUT2D eigenvalue weighted by Crippen LogP contribution is -2.22. The Kier molecular flexibility index (Phi) is 4.50. The van der Waals surface area contributed by atoms with Gasteiger partial charge in [0, 0.05) is 17.3 Å². The standard InChI is InChI=1S/C21H23N3O3S/c1-11-16-12(2)23-20(21(3,4)5)24-19(16)28-17(11)18(25)22-9-13-6-7-14-15(8-13)27-10-26-14/h6-8H,9-10H2,1-5H3,(H,22,25). The van der Waals surface area contributed by atoms with Gasteiger partial charge in [0.25, 0.3) is 5.91 Å². The molecular weight excluding hydrogens is 374 g/mol. The summed E-state index contributed by atoms with van der Waals surface area (Å²) in [7, 11) is 0. The first-order chi connectivity index (χ1) is 13.2. The Balaban J connectivity index is 1.59. The van der Waals surface area contributed by atoms with Gasteiger partial charge < -0.3 is 14.8 Å². The first-order valence-corrected chi connectivity index (χ1v) is 10.0. The lowest BCUT2D eigenvalue weighted by molar-refractivity contribution is 0.0954. The Morgan fingerprint density at radius 2 is 1.93 bits per heavy atom. The molecule has 6 nitrogen and oxygen atoms in total. The summed E-state index contributed by atoms with van der Waals surface area (Å²) in [4.78, 5) is 23.8. The minimum atomic E-state index is -0.140. The van der Waals surface area contributed by atoms with Gasteiger partial charge in [-0.3, -0.25) is 4.79 Å². The van der Waals surface area contributed by atoms with Crippen molar-refractivity contribution in [1.29, 1.82) is 0 Å². The van der Waals surface area contributed by atoms with E-state index in [1.54, 1.807) is 0 Å². The molecule has 0 unspecified atom stereocenters. The molecule has 0 saturated heterocycles. The highest BCUT2D eigenvalue weighted by atomic mass is 32.1. The van der Waals surface area contributed by atoms with Gasteiger partial charge in [-0.15, -0.1) is 11.3 Å². The molecule has 28 heavy (non-hydrogen) atoms. The van der Waals surface area contributed by atoms with Gasteiger partial charge >= 0.3 is 0 Å². The predicted octanol–water partition coefficient (Wildman–Crippen LogP) is 4.26. The van der Waals surface area contributed by atoms with Crippen LogP contribution >= 0.6 is 11.3 Å². The summed E-state index contributed by atoms with van der Waals surface area (Å²) in [5.41, 5.74) is 2.67. The number of nitrogens with one attached hydrogen (secondary N) is 1. The van der Waals surface area contributed by atoms with Gasteiger partial charge in [-0.05, 0) is 37.1 Å². The Morgan fingerprint density at radius 3 is 2.68 bits per heavy atom. The number of aryl methyl sites for hydroxylation is 2. The van der Waals surface area contributed by atoms with Gasteiger partial charge in [-0.2, -0.15) is 0 Å². The molecule has 1 amide bonds. The number of ether oxygens (including phenoxy) is 2. The van der Waals surface area contributed by atoms with E-state index >= 15 is 0 Å². The molecule has 2 aromatic heterocycles. The summed E-state index contributed by atoms with van der Waals surface area (Å²) in [5, 5.41) is 3.98. The summed E-state index contributed by atoms with van der Waals surface area (Å²) in [5.74, 6) is 2.14. The predicted molar refractivity (Wildman–Crippen MR) is 109 cm³/mol. The highest BCUT2D eigenvalue weighted by Gasteiger charge is 2.23. The third kappa shape index (κ3) is 3.30. The molecule has 0 spiro atoms. The molecule has 0 fully saturated rings. The fourth-order valence-corrected chi connectivity index (χ4v) is 4.35. The van der Waals surface area contributed by atoms with E-state index in [0.29, 0.717) is 17.2 Å². The van der Waals surface area contributed by atoms with Crippen molar-refractivity contribution in [1.82, 2.24) is 15.3 Å². The Morgan fingerprint density at radius 1 is 1.18 bits per heavy atom. The van der Waals surface area contributed by atoms with Gasteiger partial charge in [0.05, 0.1) is 10.6 Å². The number of amides is 1. The minimum Gasteiger partial charge on any atom is -0.454 e. The van der Waals surface area contributed by atoms with Gasteiger partial charge in [0.15, 0.2) is 11.5 Å². The molecule has 0 saturated carbocycles. The maximum atomic E-state index is 12.8. The Bertz CT molecular complexity index is 1080. The molecule has 7 heteroatoms. The molecular formula is C21H23N3O3S. The molecule has 0 aliphatic carbocycles. The number of rotatable bonds is 3. The SMILES string of the molecule is Cc1nc(C(C)(C)C)nc2sc(C(=O)NCc3ccc4c(c3)OCO4)c(C)c12. The summed E-state index contributed by atoms with van der Waals surface area (Å²) in [6.45, 7) is 10.9. The monoisotopic (exact) mass is 397 g/mol. The van der Waals surface area contributed by atoms with Crippen LogP contribution < -0.4 is 14.8 Å². The minimum absolute atomic E-state index is 0.102. The number of nitrogens with zero attached hydrogens (tertiary/aromatic N) is 2. The van der Waals surface area contributed by atoms with Crippen molar-refractivity contribution >= 4 is 27.5 Å². The number of hydrogen-bond acceptors (Lipinski definition) is 6. The van der Waals surface area contributed by atoms with E-state index in [2.05, 4.69) is 31.1 Å². The molecule has 1 aliphatic rings. The number of carbonyl (C=O) groups is 1. The number of thiophene rings is 1. The highest BCUT2D eigenvalue weighted by molar-refractivity contribution is 7.20. The van der Waals surface area contributed by atoms with Gasteiger partial charge in [0.2, 0.25) is 6.79 Å². The molecule has 146 valence electrons. The molecule has 1 aromatic carbocycles. The van der Waals surface area contributed by atoms with Crippen LogP contribution in [0.25, 0.3) is 10.2 Å². The third-order valence-corrected chi connectivity index (χ3v) is 5.92. The van der Waals surface area contributed by atoms with Crippen LogP contribution in [0.15, 0.2) is 18.2 Å². The molecule has 4 rings (SSSR count). The zero-order valence-electron chi connectivity index (χ0n) is 16.7. The molecule has 1 N–H and O–H groups in total. The van der Waals surface area contributed by atoms with E-state index in [1.165, 1.54) is 11.3 Å². The summed E-state index contributed by atoms with van der Waals surface area (Å²) in [6, 6.07) is 5.68. The first kappa shape index (κ1) is 18.7. The second kappa shape index (κ2) is 6.74. The molecule has 0 atom stereocenters. The fraction of sp³-hybridized carbons (Fsp3) is 0.381.